The van der Waals surface area contributed by atoms with Gasteiger partial charge in [-0.15, -0.1) is 0 Å². The molecule has 0 aliphatic carbocycles. The number of piperidine rings is 1. The molecule has 2 aliphatic rings. The van der Waals surface area contributed by atoms with Gasteiger partial charge in [-0.3, -0.25) is 0 Å². The van der Waals surface area contributed by atoms with Gasteiger partial charge in [0.1, 0.15) is 11.4 Å². The van der Waals surface area contributed by atoms with Crippen molar-refractivity contribution in [2.24, 2.45) is 0 Å². The number of benzene rings is 2. The molecule has 0 radical (unpaired) electrons. The Hall–Kier alpha value is -2.52. The Kier molecular flexibility index (Phi) is 7.61. The molecule has 2 aromatic rings. The molecular weight excluding hydrogens is 380 g/mol. The van der Waals surface area contributed by atoms with Crippen LogP contribution in [0.5, 0.6) is 5.75 Å². The van der Waals surface area contributed by atoms with Crippen LogP contribution in [0.15, 0.2) is 61.2 Å². The first-order chi connectivity index (χ1) is 15.0. The lowest BCUT2D eigenvalue weighted by molar-refractivity contribution is 0.0468. The lowest BCUT2D eigenvalue weighted by Crippen LogP contribution is -2.46. The summed E-state index contributed by atoms with van der Waals surface area (Å²) in [5.74, 6) is 1.01. The molecule has 2 aliphatic heterocycles. The average molecular weight is 419 g/mol. The van der Waals surface area contributed by atoms with Crippen molar-refractivity contribution in [3.05, 3.63) is 77.9 Å². The maximum Gasteiger partial charge on any atom is 0.130 e. The van der Waals surface area contributed by atoms with Gasteiger partial charge in [-0.25, -0.2) is 0 Å². The lowest BCUT2D eigenvalue weighted by atomic mass is 9.83. The molecular formula is C28H38N2O. The Bertz CT molecular complexity index is 901. The van der Waals surface area contributed by atoms with E-state index in [0.717, 1.165) is 50.5 Å². The van der Waals surface area contributed by atoms with Gasteiger partial charge in [0.15, 0.2) is 0 Å². The molecule has 0 saturated carbocycles. The summed E-state index contributed by atoms with van der Waals surface area (Å²) < 4.78 is 6.56. The summed E-state index contributed by atoms with van der Waals surface area (Å²) in [5, 5.41) is 0. The van der Waals surface area contributed by atoms with Crippen molar-refractivity contribution in [2.75, 3.05) is 33.2 Å². The predicted molar refractivity (Wildman–Crippen MR) is 133 cm³/mol. The second kappa shape index (κ2) is 10.2. The van der Waals surface area contributed by atoms with E-state index in [1.807, 2.05) is 13.8 Å². The highest BCUT2D eigenvalue weighted by Crippen LogP contribution is 2.43. The Labute approximate surface area is 189 Å². The van der Waals surface area contributed by atoms with Crippen LogP contribution in [-0.2, 0) is 0 Å². The molecule has 3 heteroatoms. The molecule has 3 nitrogen and oxygen atoms in total. The van der Waals surface area contributed by atoms with E-state index in [-0.39, 0.29) is 5.60 Å². The minimum absolute atomic E-state index is 0.195. The molecule has 2 aromatic carbocycles. The SMILES string of the molecule is C=C(c1ccc(C2=CC3(CCN(C)CC3)Oc3ccccc32)cc1)N(CC)CC.CC. The summed E-state index contributed by atoms with van der Waals surface area (Å²) in [5.41, 5.74) is 5.81. The van der Waals surface area contributed by atoms with Crippen LogP contribution in [0, 0.1) is 0 Å². The third-order valence-electron chi connectivity index (χ3n) is 6.41. The van der Waals surface area contributed by atoms with Gasteiger partial charge in [0.2, 0.25) is 0 Å². The van der Waals surface area contributed by atoms with E-state index in [4.69, 9.17) is 4.74 Å². The van der Waals surface area contributed by atoms with Crippen molar-refractivity contribution >= 4 is 11.3 Å². The molecule has 0 atom stereocenters. The van der Waals surface area contributed by atoms with Crippen molar-refractivity contribution in [3.63, 3.8) is 0 Å². The molecule has 0 unspecified atom stereocenters. The molecule has 0 N–H and O–H groups in total. The molecule has 0 bridgehead atoms. The maximum atomic E-state index is 6.56. The second-order valence-corrected chi connectivity index (χ2v) is 8.22. The predicted octanol–water partition coefficient (Wildman–Crippen LogP) is 6.31. The largest absolute Gasteiger partial charge is 0.482 e. The van der Waals surface area contributed by atoms with Gasteiger partial charge in [-0.1, -0.05) is 62.9 Å². The van der Waals surface area contributed by atoms with Crippen molar-refractivity contribution in [3.8, 4) is 5.75 Å². The number of hydrogen-bond acceptors (Lipinski definition) is 3. The molecule has 1 spiro atoms. The molecule has 2 heterocycles. The van der Waals surface area contributed by atoms with E-state index in [0.29, 0.717) is 0 Å². The Balaban J connectivity index is 0.00000132. The van der Waals surface area contributed by atoms with Crippen LogP contribution in [0.3, 0.4) is 0 Å². The van der Waals surface area contributed by atoms with Crippen molar-refractivity contribution in [1.82, 2.24) is 9.80 Å². The molecule has 0 aromatic heterocycles. The van der Waals surface area contributed by atoms with Gasteiger partial charge in [0.25, 0.3) is 0 Å². The number of rotatable bonds is 5. The van der Waals surface area contributed by atoms with Crippen LogP contribution >= 0.6 is 0 Å². The molecule has 166 valence electrons. The number of para-hydroxylation sites is 1. The zero-order valence-corrected chi connectivity index (χ0v) is 19.9. The highest BCUT2D eigenvalue weighted by Gasteiger charge is 2.38. The molecule has 1 fully saturated rings. The first-order valence-corrected chi connectivity index (χ1v) is 11.8. The minimum atomic E-state index is -0.195. The van der Waals surface area contributed by atoms with Crippen LogP contribution in [0.4, 0.5) is 0 Å². The smallest absolute Gasteiger partial charge is 0.130 e. The lowest BCUT2D eigenvalue weighted by Gasteiger charge is -2.42. The zero-order chi connectivity index (χ0) is 22.4. The van der Waals surface area contributed by atoms with Crippen LogP contribution in [0.2, 0.25) is 0 Å². The standard InChI is InChI=1S/C26H32N2O.C2H6/c1-5-28(6-2)20(3)21-11-13-22(14-12-21)24-19-26(15-17-27(4)18-16-26)29-25-10-8-7-9-23(24)25;1-2/h7-14,19H,3,5-6,15-18H2,1-2,4H3;1-2H3. The van der Waals surface area contributed by atoms with Gasteiger partial charge in [-0.2, -0.15) is 0 Å². The van der Waals surface area contributed by atoms with E-state index in [1.54, 1.807) is 0 Å². The van der Waals surface area contributed by atoms with E-state index in [1.165, 1.54) is 22.3 Å². The van der Waals surface area contributed by atoms with Crippen LogP contribution in [-0.4, -0.2) is 48.6 Å². The number of ether oxygens (including phenoxy) is 1. The Morgan fingerprint density at radius 3 is 2.23 bits per heavy atom. The Morgan fingerprint density at radius 2 is 1.61 bits per heavy atom. The summed E-state index contributed by atoms with van der Waals surface area (Å²) in [4.78, 5) is 4.68. The van der Waals surface area contributed by atoms with E-state index >= 15 is 0 Å². The monoisotopic (exact) mass is 418 g/mol. The van der Waals surface area contributed by atoms with E-state index in [9.17, 15) is 0 Å². The summed E-state index contributed by atoms with van der Waals surface area (Å²) in [7, 11) is 2.19. The van der Waals surface area contributed by atoms with E-state index < -0.39 is 0 Å². The van der Waals surface area contributed by atoms with E-state index in [2.05, 4.69) is 91.9 Å². The summed E-state index contributed by atoms with van der Waals surface area (Å²) >= 11 is 0. The van der Waals surface area contributed by atoms with Crippen molar-refractivity contribution in [2.45, 2.75) is 46.1 Å². The average Bonchev–Trinajstić information content (AvgIpc) is 2.83. The molecule has 1 saturated heterocycles. The molecule has 31 heavy (non-hydrogen) atoms. The van der Waals surface area contributed by atoms with Crippen molar-refractivity contribution in [1.29, 1.82) is 0 Å². The normalized spacial score (nSPS) is 17.0. The van der Waals surface area contributed by atoms with Gasteiger partial charge in [0, 0.05) is 50.3 Å². The van der Waals surface area contributed by atoms with Gasteiger partial charge >= 0.3 is 0 Å². The fourth-order valence-corrected chi connectivity index (χ4v) is 4.48. The number of fused-ring (bicyclic) bond motifs is 1. The summed E-state index contributed by atoms with van der Waals surface area (Å²) in [6.07, 6.45) is 4.44. The van der Waals surface area contributed by atoms with Gasteiger partial charge < -0.3 is 14.5 Å². The number of likely N-dealkylation sites (tertiary alicyclic amines) is 1. The van der Waals surface area contributed by atoms with Gasteiger partial charge in [0.05, 0.1) is 0 Å². The van der Waals surface area contributed by atoms with Crippen LogP contribution < -0.4 is 4.74 Å². The van der Waals surface area contributed by atoms with Crippen LogP contribution in [0.25, 0.3) is 11.3 Å². The minimum Gasteiger partial charge on any atom is -0.482 e. The highest BCUT2D eigenvalue weighted by molar-refractivity contribution is 5.85. The maximum absolute atomic E-state index is 6.56. The third-order valence-corrected chi connectivity index (χ3v) is 6.41. The topological polar surface area (TPSA) is 15.7 Å². The second-order valence-electron chi connectivity index (χ2n) is 8.22. The molecule has 4 rings (SSSR count). The number of nitrogens with zero attached hydrogens (tertiary/aromatic N) is 2. The third kappa shape index (κ3) is 4.88. The first kappa shape index (κ1) is 23.1. The van der Waals surface area contributed by atoms with Crippen molar-refractivity contribution < 1.29 is 4.74 Å². The fourth-order valence-electron chi connectivity index (χ4n) is 4.48. The zero-order valence-electron chi connectivity index (χ0n) is 19.9. The number of hydrogen-bond donors (Lipinski definition) is 0. The first-order valence-electron chi connectivity index (χ1n) is 11.8. The van der Waals surface area contributed by atoms with Crippen LogP contribution in [0.1, 0.15) is 57.2 Å². The summed E-state index contributed by atoms with van der Waals surface area (Å²) in [6.45, 7) is 16.7. The van der Waals surface area contributed by atoms with Gasteiger partial charge in [-0.05, 0) is 49.7 Å². The fraction of sp³-hybridized carbons (Fsp3) is 0.429. The highest BCUT2D eigenvalue weighted by atomic mass is 16.5. The quantitative estimate of drug-likeness (QED) is 0.565. The summed E-state index contributed by atoms with van der Waals surface area (Å²) in [6, 6.07) is 17.3. The molecule has 0 amide bonds. The Morgan fingerprint density at radius 1 is 1.00 bits per heavy atom.